The van der Waals surface area contributed by atoms with Crippen molar-refractivity contribution in [1.29, 1.82) is 0 Å². The summed E-state index contributed by atoms with van der Waals surface area (Å²) in [6.07, 6.45) is 5.42. The van der Waals surface area contributed by atoms with Crippen LogP contribution < -0.4 is 0 Å². The Bertz CT molecular complexity index is 524. The SMILES string of the molecule is COC(=O)/C=C/C[C@H](C)C[C@H](C)[C@H](OCOCc1ccccc1)C(C)C. The molecule has 0 aliphatic rings. The second-order valence-electron chi connectivity index (χ2n) is 7.31. The highest BCUT2D eigenvalue weighted by atomic mass is 16.7. The van der Waals surface area contributed by atoms with E-state index in [1.807, 2.05) is 36.4 Å². The van der Waals surface area contributed by atoms with E-state index >= 15 is 0 Å². The van der Waals surface area contributed by atoms with E-state index < -0.39 is 0 Å². The van der Waals surface area contributed by atoms with Gasteiger partial charge in [-0.05, 0) is 36.2 Å². The lowest BCUT2D eigenvalue weighted by Crippen LogP contribution is -2.29. The minimum absolute atomic E-state index is 0.151. The molecule has 0 spiro atoms. The molecule has 0 aliphatic carbocycles. The van der Waals surface area contributed by atoms with E-state index in [1.165, 1.54) is 13.2 Å². The highest BCUT2D eigenvalue weighted by Gasteiger charge is 2.23. The largest absolute Gasteiger partial charge is 0.466 e. The highest BCUT2D eigenvalue weighted by molar-refractivity contribution is 5.81. The van der Waals surface area contributed by atoms with Crippen molar-refractivity contribution in [3.05, 3.63) is 48.0 Å². The number of allylic oxidation sites excluding steroid dienone is 1. The summed E-state index contributed by atoms with van der Waals surface area (Å²) in [5, 5.41) is 0. The van der Waals surface area contributed by atoms with E-state index in [4.69, 9.17) is 9.47 Å². The Hall–Kier alpha value is -1.65. The normalized spacial score (nSPS) is 15.2. The van der Waals surface area contributed by atoms with Crippen LogP contribution in [-0.2, 0) is 25.6 Å². The molecule has 1 aromatic carbocycles. The molecule has 4 nitrogen and oxygen atoms in total. The van der Waals surface area contributed by atoms with Crippen LogP contribution in [0, 0.1) is 17.8 Å². The average molecular weight is 363 g/mol. The van der Waals surface area contributed by atoms with Gasteiger partial charge in [0.1, 0.15) is 6.79 Å². The molecule has 0 aliphatic heterocycles. The number of rotatable bonds is 12. The smallest absolute Gasteiger partial charge is 0.330 e. The molecule has 0 saturated heterocycles. The first-order valence-corrected chi connectivity index (χ1v) is 9.41. The highest BCUT2D eigenvalue weighted by Crippen LogP contribution is 2.25. The molecule has 0 saturated carbocycles. The summed E-state index contributed by atoms with van der Waals surface area (Å²) in [6.45, 7) is 9.65. The van der Waals surface area contributed by atoms with Gasteiger partial charge in [-0.3, -0.25) is 0 Å². The van der Waals surface area contributed by atoms with Crippen molar-refractivity contribution in [3.63, 3.8) is 0 Å². The molecule has 1 aromatic rings. The van der Waals surface area contributed by atoms with Crippen LogP contribution in [0.4, 0.5) is 0 Å². The number of esters is 1. The Labute approximate surface area is 158 Å². The number of carbonyl (C=O) groups is 1. The second kappa shape index (κ2) is 12.7. The van der Waals surface area contributed by atoms with E-state index in [-0.39, 0.29) is 12.1 Å². The molecule has 0 N–H and O–H groups in total. The topological polar surface area (TPSA) is 44.8 Å². The van der Waals surface area contributed by atoms with Gasteiger partial charge >= 0.3 is 5.97 Å². The summed E-state index contributed by atoms with van der Waals surface area (Å²) in [4.78, 5) is 11.1. The predicted octanol–water partition coefficient (Wildman–Crippen LogP) is 4.98. The fraction of sp³-hybridized carbons (Fsp3) is 0.591. The van der Waals surface area contributed by atoms with Crippen LogP contribution in [0.25, 0.3) is 0 Å². The van der Waals surface area contributed by atoms with Gasteiger partial charge in [0, 0.05) is 6.08 Å². The van der Waals surface area contributed by atoms with Gasteiger partial charge in [-0.1, -0.05) is 64.1 Å². The molecular weight excluding hydrogens is 328 g/mol. The van der Waals surface area contributed by atoms with Crippen molar-refractivity contribution in [2.24, 2.45) is 17.8 Å². The van der Waals surface area contributed by atoms with Crippen LogP contribution >= 0.6 is 0 Å². The maximum atomic E-state index is 11.1. The monoisotopic (exact) mass is 362 g/mol. The Balaban J connectivity index is 2.37. The van der Waals surface area contributed by atoms with Crippen molar-refractivity contribution in [2.75, 3.05) is 13.9 Å². The molecule has 4 heteroatoms. The first-order valence-electron chi connectivity index (χ1n) is 9.41. The second-order valence-corrected chi connectivity index (χ2v) is 7.31. The molecule has 26 heavy (non-hydrogen) atoms. The molecule has 0 bridgehead atoms. The summed E-state index contributed by atoms with van der Waals surface area (Å²) in [7, 11) is 1.39. The van der Waals surface area contributed by atoms with Gasteiger partial charge in [-0.15, -0.1) is 0 Å². The molecule has 0 heterocycles. The molecule has 0 radical (unpaired) electrons. The van der Waals surface area contributed by atoms with Crippen LogP contribution in [-0.4, -0.2) is 26.0 Å². The van der Waals surface area contributed by atoms with E-state index in [9.17, 15) is 4.79 Å². The fourth-order valence-corrected chi connectivity index (χ4v) is 3.20. The minimum Gasteiger partial charge on any atom is -0.466 e. The van der Waals surface area contributed by atoms with Crippen LogP contribution in [0.3, 0.4) is 0 Å². The molecule has 0 fully saturated rings. The lowest BCUT2D eigenvalue weighted by molar-refractivity contribution is -0.134. The average Bonchev–Trinajstić information content (AvgIpc) is 2.61. The van der Waals surface area contributed by atoms with Gasteiger partial charge in [0.2, 0.25) is 0 Å². The summed E-state index contributed by atoms with van der Waals surface area (Å²) in [6, 6.07) is 10.1. The van der Waals surface area contributed by atoms with E-state index in [2.05, 4.69) is 32.4 Å². The predicted molar refractivity (Wildman–Crippen MR) is 105 cm³/mol. The minimum atomic E-state index is -0.302. The van der Waals surface area contributed by atoms with Crippen LogP contribution in [0.1, 0.15) is 46.1 Å². The van der Waals surface area contributed by atoms with Crippen molar-refractivity contribution in [1.82, 2.24) is 0 Å². The third-order valence-corrected chi connectivity index (χ3v) is 4.44. The Morgan fingerprint density at radius 3 is 2.42 bits per heavy atom. The van der Waals surface area contributed by atoms with Crippen molar-refractivity contribution >= 4 is 5.97 Å². The zero-order valence-corrected chi connectivity index (χ0v) is 16.8. The number of hydrogen-bond acceptors (Lipinski definition) is 4. The summed E-state index contributed by atoms with van der Waals surface area (Å²) < 4.78 is 16.3. The zero-order valence-electron chi connectivity index (χ0n) is 16.8. The molecule has 1 rings (SSSR count). The van der Waals surface area contributed by atoms with Gasteiger partial charge in [0.25, 0.3) is 0 Å². The van der Waals surface area contributed by atoms with Gasteiger partial charge in [0.05, 0.1) is 19.8 Å². The van der Waals surface area contributed by atoms with Gasteiger partial charge in [0.15, 0.2) is 0 Å². The number of benzene rings is 1. The third kappa shape index (κ3) is 9.16. The number of carbonyl (C=O) groups excluding carboxylic acids is 1. The zero-order chi connectivity index (χ0) is 19.4. The molecule has 146 valence electrons. The van der Waals surface area contributed by atoms with Crippen molar-refractivity contribution in [2.45, 2.75) is 53.2 Å². The third-order valence-electron chi connectivity index (χ3n) is 4.44. The lowest BCUT2D eigenvalue weighted by Gasteiger charge is -2.29. The van der Waals surface area contributed by atoms with E-state index in [0.717, 1.165) is 18.4 Å². The van der Waals surface area contributed by atoms with E-state index in [0.29, 0.717) is 31.2 Å². The van der Waals surface area contributed by atoms with Gasteiger partial charge in [-0.25, -0.2) is 4.79 Å². The Morgan fingerprint density at radius 2 is 1.81 bits per heavy atom. The van der Waals surface area contributed by atoms with Gasteiger partial charge in [-0.2, -0.15) is 0 Å². The van der Waals surface area contributed by atoms with Crippen molar-refractivity contribution < 1.29 is 19.0 Å². The molecule has 0 amide bonds. The summed E-state index contributed by atoms with van der Waals surface area (Å²) >= 11 is 0. The van der Waals surface area contributed by atoms with E-state index in [1.54, 1.807) is 0 Å². The summed E-state index contributed by atoms with van der Waals surface area (Å²) in [5.41, 5.74) is 1.15. The molecule has 3 atom stereocenters. The van der Waals surface area contributed by atoms with Crippen LogP contribution in [0.5, 0.6) is 0 Å². The standard InChI is InChI=1S/C22H34O4/c1-17(2)22(26-16-25-15-20-11-7-6-8-12-20)19(4)14-18(3)10-9-13-21(23)24-5/h6-9,11-13,17-19,22H,10,14-16H2,1-5H3/b13-9+/t18-,19-,22+/m0/s1. The lowest BCUT2D eigenvalue weighted by atomic mass is 9.86. The van der Waals surface area contributed by atoms with Crippen molar-refractivity contribution in [3.8, 4) is 0 Å². The molecule has 0 unspecified atom stereocenters. The number of methoxy groups -OCH3 is 1. The summed E-state index contributed by atoms with van der Waals surface area (Å²) in [5.74, 6) is 1.00. The maximum Gasteiger partial charge on any atom is 0.330 e. The molecular formula is C22H34O4. The number of hydrogen-bond donors (Lipinski definition) is 0. The molecule has 0 aromatic heterocycles. The Kier molecular flexibility index (Phi) is 10.9. The first-order chi connectivity index (χ1) is 12.4. The number of ether oxygens (including phenoxy) is 3. The first kappa shape index (κ1) is 22.4. The quantitative estimate of drug-likeness (QED) is 0.228. The fourth-order valence-electron chi connectivity index (χ4n) is 3.20. The Morgan fingerprint density at radius 1 is 1.12 bits per heavy atom. The van der Waals surface area contributed by atoms with Crippen LogP contribution in [0.2, 0.25) is 0 Å². The maximum absolute atomic E-state index is 11.1. The van der Waals surface area contributed by atoms with Crippen LogP contribution in [0.15, 0.2) is 42.5 Å². The van der Waals surface area contributed by atoms with Gasteiger partial charge < -0.3 is 14.2 Å².